The number of aryl methyl sites for hydroxylation is 1. The Kier molecular flexibility index (Phi) is 7.02. The Labute approximate surface area is 213 Å². The Bertz CT molecular complexity index is 1410. The summed E-state index contributed by atoms with van der Waals surface area (Å²) in [6.07, 6.45) is 1.88. The predicted molar refractivity (Wildman–Crippen MR) is 142 cm³/mol. The number of thiazole rings is 1. The third-order valence-corrected chi connectivity index (χ3v) is 10.8. The van der Waals surface area contributed by atoms with Crippen LogP contribution in [0.3, 0.4) is 0 Å². The number of hydrogen-bond acceptors (Lipinski definition) is 6. The number of para-hydroxylation sites is 1. The highest BCUT2D eigenvalue weighted by Gasteiger charge is 2.35. The summed E-state index contributed by atoms with van der Waals surface area (Å²) in [4.78, 5) is 20.5. The van der Waals surface area contributed by atoms with Crippen LogP contribution in [-0.4, -0.2) is 36.7 Å². The maximum Gasteiger partial charge on any atom is 0.252 e. The lowest BCUT2D eigenvalue weighted by atomic mass is 9.96. The molecule has 1 amide bonds. The van der Waals surface area contributed by atoms with E-state index in [0.29, 0.717) is 41.8 Å². The SMILES string of the molecule is CCc1cccc2sc(N(Cc3ccccc3)C(=O)C3CCN(S(=O)(=O)c4cccs4)CC3)nc12. The van der Waals surface area contributed by atoms with Crippen molar-refractivity contribution in [2.75, 3.05) is 18.0 Å². The van der Waals surface area contributed by atoms with Crippen LogP contribution in [0, 0.1) is 5.92 Å². The molecule has 2 aromatic carbocycles. The highest BCUT2D eigenvalue weighted by atomic mass is 32.2. The molecule has 35 heavy (non-hydrogen) atoms. The normalized spacial score (nSPS) is 15.5. The summed E-state index contributed by atoms with van der Waals surface area (Å²) < 4.78 is 28.8. The number of amides is 1. The maximum atomic E-state index is 13.8. The zero-order valence-electron chi connectivity index (χ0n) is 19.5. The number of piperidine rings is 1. The first-order valence-corrected chi connectivity index (χ1v) is 14.9. The van der Waals surface area contributed by atoms with E-state index in [-0.39, 0.29) is 11.8 Å². The Balaban J connectivity index is 1.40. The molecule has 2 aromatic heterocycles. The van der Waals surface area contributed by atoms with Gasteiger partial charge in [0.25, 0.3) is 10.0 Å². The molecule has 0 bridgehead atoms. The molecule has 182 valence electrons. The molecule has 0 radical (unpaired) electrons. The molecule has 1 aliphatic heterocycles. The number of thiophene rings is 1. The van der Waals surface area contributed by atoms with Crippen LogP contribution < -0.4 is 4.90 Å². The van der Waals surface area contributed by atoms with Crippen molar-refractivity contribution in [1.82, 2.24) is 9.29 Å². The van der Waals surface area contributed by atoms with Gasteiger partial charge in [0, 0.05) is 19.0 Å². The van der Waals surface area contributed by atoms with Gasteiger partial charge in [0.15, 0.2) is 5.13 Å². The van der Waals surface area contributed by atoms with Gasteiger partial charge in [-0.25, -0.2) is 13.4 Å². The molecule has 0 unspecified atom stereocenters. The molecule has 9 heteroatoms. The van der Waals surface area contributed by atoms with Crippen molar-refractivity contribution in [3.8, 4) is 0 Å². The van der Waals surface area contributed by atoms with E-state index >= 15 is 0 Å². The molecule has 0 spiro atoms. The number of nitrogens with zero attached hydrogens (tertiary/aromatic N) is 3. The molecule has 1 saturated heterocycles. The zero-order chi connectivity index (χ0) is 24.4. The molecule has 0 aliphatic carbocycles. The molecule has 4 aromatic rings. The molecular formula is C26H27N3O3S3. The van der Waals surface area contributed by atoms with Gasteiger partial charge in [-0.3, -0.25) is 9.69 Å². The van der Waals surface area contributed by atoms with E-state index in [9.17, 15) is 13.2 Å². The van der Waals surface area contributed by atoms with Crippen LogP contribution >= 0.6 is 22.7 Å². The summed E-state index contributed by atoms with van der Waals surface area (Å²) in [6.45, 7) is 3.23. The second-order valence-electron chi connectivity index (χ2n) is 8.63. The predicted octanol–water partition coefficient (Wildman–Crippen LogP) is 5.55. The molecule has 0 N–H and O–H groups in total. The minimum absolute atomic E-state index is 0.0131. The van der Waals surface area contributed by atoms with Gasteiger partial charge in [0.1, 0.15) is 4.21 Å². The summed E-state index contributed by atoms with van der Waals surface area (Å²) >= 11 is 2.77. The second-order valence-corrected chi connectivity index (χ2v) is 12.8. The summed E-state index contributed by atoms with van der Waals surface area (Å²) in [6, 6.07) is 19.5. The van der Waals surface area contributed by atoms with Gasteiger partial charge in [-0.15, -0.1) is 11.3 Å². The number of rotatable bonds is 7. The molecule has 6 nitrogen and oxygen atoms in total. The van der Waals surface area contributed by atoms with Crippen LogP contribution in [0.4, 0.5) is 5.13 Å². The van der Waals surface area contributed by atoms with Crippen molar-refractivity contribution in [3.05, 3.63) is 77.2 Å². The van der Waals surface area contributed by atoms with Crippen LogP contribution in [0.5, 0.6) is 0 Å². The Morgan fingerprint density at radius 2 is 1.83 bits per heavy atom. The summed E-state index contributed by atoms with van der Waals surface area (Å²) in [5.41, 5.74) is 3.16. The van der Waals surface area contributed by atoms with Gasteiger partial charge in [-0.1, -0.05) is 66.8 Å². The van der Waals surface area contributed by atoms with Crippen LogP contribution in [0.2, 0.25) is 0 Å². The topological polar surface area (TPSA) is 70.6 Å². The largest absolute Gasteiger partial charge is 0.283 e. The highest BCUT2D eigenvalue weighted by Crippen LogP contribution is 2.34. The number of carbonyl (C=O) groups excluding carboxylic acids is 1. The smallest absolute Gasteiger partial charge is 0.252 e. The lowest BCUT2D eigenvalue weighted by Crippen LogP contribution is -2.44. The lowest BCUT2D eigenvalue weighted by Gasteiger charge is -2.32. The average Bonchev–Trinajstić information content (AvgIpc) is 3.58. The van der Waals surface area contributed by atoms with Gasteiger partial charge in [-0.2, -0.15) is 4.31 Å². The van der Waals surface area contributed by atoms with E-state index in [1.807, 2.05) is 36.4 Å². The monoisotopic (exact) mass is 525 g/mol. The minimum Gasteiger partial charge on any atom is -0.283 e. The number of anilines is 1. The van der Waals surface area contributed by atoms with E-state index < -0.39 is 10.0 Å². The summed E-state index contributed by atoms with van der Waals surface area (Å²) in [5.74, 6) is -0.231. The van der Waals surface area contributed by atoms with Crippen molar-refractivity contribution in [2.24, 2.45) is 5.92 Å². The van der Waals surface area contributed by atoms with Gasteiger partial charge in [-0.05, 0) is 47.9 Å². The van der Waals surface area contributed by atoms with E-state index in [0.717, 1.165) is 22.2 Å². The van der Waals surface area contributed by atoms with E-state index in [4.69, 9.17) is 4.98 Å². The number of carbonyl (C=O) groups is 1. The van der Waals surface area contributed by atoms with Crippen molar-refractivity contribution < 1.29 is 13.2 Å². The van der Waals surface area contributed by atoms with E-state index in [1.54, 1.807) is 22.4 Å². The fraction of sp³-hybridized carbons (Fsp3) is 0.308. The number of hydrogen-bond donors (Lipinski definition) is 0. The molecule has 3 heterocycles. The van der Waals surface area contributed by atoms with Crippen molar-refractivity contribution in [1.29, 1.82) is 0 Å². The van der Waals surface area contributed by atoms with Crippen LogP contribution in [-0.2, 0) is 27.8 Å². The Hall–Kier alpha value is -2.59. The van der Waals surface area contributed by atoms with Crippen molar-refractivity contribution >= 4 is 54.0 Å². The number of fused-ring (bicyclic) bond motifs is 1. The molecule has 0 saturated carbocycles. The molecular weight excluding hydrogens is 499 g/mol. The first-order chi connectivity index (χ1) is 17.0. The number of benzene rings is 2. The van der Waals surface area contributed by atoms with E-state index in [2.05, 4.69) is 19.1 Å². The summed E-state index contributed by atoms with van der Waals surface area (Å²) in [5, 5.41) is 2.47. The van der Waals surface area contributed by atoms with Gasteiger partial charge >= 0.3 is 0 Å². The number of sulfonamides is 1. The third kappa shape index (κ3) is 4.91. The Morgan fingerprint density at radius 1 is 1.06 bits per heavy atom. The quantitative estimate of drug-likeness (QED) is 0.317. The zero-order valence-corrected chi connectivity index (χ0v) is 21.9. The van der Waals surface area contributed by atoms with Crippen LogP contribution in [0.15, 0.2) is 70.3 Å². The molecule has 1 fully saturated rings. The van der Waals surface area contributed by atoms with Crippen LogP contribution in [0.1, 0.15) is 30.9 Å². The van der Waals surface area contributed by atoms with Gasteiger partial charge in [0.05, 0.1) is 16.8 Å². The standard InChI is InChI=1S/C26H27N3O3S3/c1-2-20-10-6-11-22-24(20)27-26(34-22)29(18-19-8-4-3-5-9-19)25(30)21-13-15-28(16-14-21)35(31,32)23-12-7-17-33-23/h3-12,17,21H,2,13-16,18H2,1H3. The van der Waals surface area contributed by atoms with Crippen molar-refractivity contribution in [2.45, 2.75) is 36.9 Å². The van der Waals surface area contributed by atoms with Gasteiger partial charge < -0.3 is 0 Å². The lowest BCUT2D eigenvalue weighted by molar-refractivity contribution is -0.123. The first kappa shape index (κ1) is 24.1. The average molecular weight is 526 g/mol. The molecule has 0 atom stereocenters. The molecule has 1 aliphatic rings. The van der Waals surface area contributed by atoms with Crippen LogP contribution in [0.25, 0.3) is 10.2 Å². The number of aromatic nitrogens is 1. The van der Waals surface area contributed by atoms with E-state index in [1.165, 1.54) is 32.5 Å². The van der Waals surface area contributed by atoms with Gasteiger partial charge in [0.2, 0.25) is 5.91 Å². The molecule has 5 rings (SSSR count). The second kappa shape index (κ2) is 10.2. The highest BCUT2D eigenvalue weighted by molar-refractivity contribution is 7.91. The maximum absolute atomic E-state index is 13.8. The first-order valence-electron chi connectivity index (χ1n) is 11.7. The third-order valence-electron chi connectivity index (χ3n) is 6.44. The minimum atomic E-state index is -3.50. The van der Waals surface area contributed by atoms with Crippen molar-refractivity contribution in [3.63, 3.8) is 0 Å². The Morgan fingerprint density at radius 3 is 2.51 bits per heavy atom. The summed E-state index contributed by atoms with van der Waals surface area (Å²) in [7, 11) is -3.50. The fourth-order valence-electron chi connectivity index (χ4n) is 4.50. The fourth-order valence-corrected chi connectivity index (χ4v) is 8.13.